The number of nitrogens with zero attached hydrogens (tertiary/aromatic N) is 1. The number of hydrogen-bond donors (Lipinski definition) is 1. The molecule has 1 unspecified atom stereocenters. The quantitative estimate of drug-likeness (QED) is 0.860. The SMILES string of the molecule is CC1(CN)CCN(C(=O)COc2ccc(Cl)cc2C2CCCCC2)C1. The Kier molecular flexibility index (Phi) is 5.90. The fourth-order valence-electron chi connectivity index (χ4n) is 4.02. The number of amides is 1. The van der Waals surface area contributed by atoms with E-state index in [1.165, 1.54) is 32.1 Å². The van der Waals surface area contributed by atoms with Crippen LogP contribution in [0, 0.1) is 5.41 Å². The van der Waals surface area contributed by atoms with Gasteiger partial charge in [0.2, 0.25) is 0 Å². The molecule has 1 aliphatic carbocycles. The van der Waals surface area contributed by atoms with Crippen molar-refractivity contribution < 1.29 is 9.53 Å². The summed E-state index contributed by atoms with van der Waals surface area (Å²) in [5.41, 5.74) is 7.04. The molecular weight excluding hydrogens is 336 g/mol. The van der Waals surface area contributed by atoms with Crippen LogP contribution in [-0.4, -0.2) is 37.0 Å². The van der Waals surface area contributed by atoms with Crippen molar-refractivity contribution in [1.29, 1.82) is 0 Å². The van der Waals surface area contributed by atoms with Crippen molar-refractivity contribution in [2.45, 2.75) is 51.4 Å². The lowest BCUT2D eigenvalue weighted by Gasteiger charge is -2.25. The summed E-state index contributed by atoms with van der Waals surface area (Å²) in [7, 11) is 0. The van der Waals surface area contributed by atoms with E-state index in [2.05, 4.69) is 6.92 Å². The van der Waals surface area contributed by atoms with Gasteiger partial charge in [-0.3, -0.25) is 4.79 Å². The smallest absolute Gasteiger partial charge is 0.260 e. The standard InChI is InChI=1S/C20H29ClN2O2/c1-20(13-22)9-10-23(14-20)19(24)12-25-18-8-7-16(21)11-17(18)15-5-3-2-4-6-15/h7-8,11,15H,2-6,9-10,12-14,22H2,1H3. The molecule has 1 saturated heterocycles. The number of carbonyl (C=O) groups excluding carboxylic acids is 1. The van der Waals surface area contributed by atoms with E-state index in [-0.39, 0.29) is 17.9 Å². The van der Waals surface area contributed by atoms with Gasteiger partial charge < -0.3 is 15.4 Å². The Morgan fingerprint density at radius 3 is 2.80 bits per heavy atom. The molecule has 2 N–H and O–H groups in total. The minimum atomic E-state index is 0.0433. The Bertz CT molecular complexity index is 616. The van der Waals surface area contributed by atoms with Crippen LogP contribution in [0.25, 0.3) is 0 Å². The molecule has 1 heterocycles. The Morgan fingerprint density at radius 2 is 2.12 bits per heavy atom. The topological polar surface area (TPSA) is 55.6 Å². The summed E-state index contributed by atoms with van der Waals surface area (Å²) in [5, 5.41) is 0.734. The summed E-state index contributed by atoms with van der Waals surface area (Å²) in [4.78, 5) is 14.4. The van der Waals surface area contributed by atoms with Crippen molar-refractivity contribution >= 4 is 17.5 Å². The number of ether oxygens (including phenoxy) is 1. The van der Waals surface area contributed by atoms with Gasteiger partial charge in [-0.05, 0) is 60.9 Å². The number of likely N-dealkylation sites (tertiary alicyclic amines) is 1. The molecule has 1 amide bonds. The molecule has 1 aromatic carbocycles. The number of hydrogen-bond acceptors (Lipinski definition) is 3. The minimum Gasteiger partial charge on any atom is -0.483 e. The zero-order valence-corrected chi connectivity index (χ0v) is 15.9. The van der Waals surface area contributed by atoms with E-state index in [1.807, 2.05) is 23.1 Å². The average molecular weight is 365 g/mol. The van der Waals surface area contributed by atoms with Gasteiger partial charge in [-0.25, -0.2) is 0 Å². The van der Waals surface area contributed by atoms with Gasteiger partial charge >= 0.3 is 0 Å². The zero-order valence-electron chi connectivity index (χ0n) is 15.1. The van der Waals surface area contributed by atoms with Crippen molar-refractivity contribution in [1.82, 2.24) is 4.90 Å². The first-order chi connectivity index (χ1) is 12.0. The first-order valence-corrected chi connectivity index (χ1v) is 9.79. The lowest BCUT2D eigenvalue weighted by molar-refractivity contribution is -0.132. The molecular formula is C20H29ClN2O2. The van der Waals surface area contributed by atoms with Crippen LogP contribution in [0.2, 0.25) is 5.02 Å². The van der Waals surface area contributed by atoms with Gasteiger partial charge in [-0.2, -0.15) is 0 Å². The van der Waals surface area contributed by atoms with Gasteiger partial charge in [0.25, 0.3) is 5.91 Å². The summed E-state index contributed by atoms with van der Waals surface area (Å²) in [6, 6.07) is 5.77. The van der Waals surface area contributed by atoms with E-state index in [0.717, 1.165) is 35.8 Å². The minimum absolute atomic E-state index is 0.0433. The molecule has 1 aromatic rings. The van der Waals surface area contributed by atoms with Crippen LogP contribution in [-0.2, 0) is 4.79 Å². The van der Waals surface area contributed by atoms with E-state index < -0.39 is 0 Å². The van der Waals surface area contributed by atoms with E-state index >= 15 is 0 Å². The lowest BCUT2D eigenvalue weighted by Crippen LogP contribution is -2.37. The summed E-state index contributed by atoms with van der Waals surface area (Å²) < 4.78 is 5.94. The highest BCUT2D eigenvalue weighted by atomic mass is 35.5. The molecule has 0 bridgehead atoms. The fraction of sp³-hybridized carbons (Fsp3) is 0.650. The van der Waals surface area contributed by atoms with E-state index in [9.17, 15) is 4.79 Å². The third-order valence-corrected chi connectivity index (χ3v) is 6.01. The van der Waals surface area contributed by atoms with Crippen LogP contribution in [0.5, 0.6) is 5.75 Å². The van der Waals surface area contributed by atoms with Crippen LogP contribution in [0.4, 0.5) is 0 Å². The summed E-state index contributed by atoms with van der Waals surface area (Å²) in [6.45, 7) is 4.33. The van der Waals surface area contributed by atoms with E-state index in [1.54, 1.807) is 0 Å². The molecule has 1 aliphatic heterocycles. The van der Waals surface area contributed by atoms with E-state index in [4.69, 9.17) is 22.1 Å². The Morgan fingerprint density at radius 1 is 1.36 bits per heavy atom. The predicted octanol–water partition coefficient (Wildman–Crippen LogP) is 3.96. The van der Waals surface area contributed by atoms with Crippen LogP contribution in [0.3, 0.4) is 0 Å². The Hall–Kier alpha value is -1.26. The first-order valence-electron chi connectivity index (χ1n) is 9.41. The molecule has 5 heteroatoms. The number of carbonyl (C=O) groups is 1. The first kappa shape index (κ1) is 18.5. The number of rotatable bonds is 5. The zero-order chi connectivity index (χ0) is 17.9. The maximum atomic E-state index is 12.5. The van der Waals surface area contributed by atoms with Crippen molar-refractivity contribution in [3.05, 3.63) is 28.8 Å². The second kappa shape index (κ2) is 7.96. The molecule has 138 valence electrons. The molecule has 25 heavy (non-hydrogen) atoms. The highest BCUT2D eigenvalue weighted by Gasteiger charge is 2.35. The van der Waals surface area contributed by atoms with Gasteiger partial charge in [0.15, 0.2) is 6.61 Å². The van der Waals surface area contributed by atoms with Crippen LogP contribution in [0.15, 0.2) is 18.2 Å². The summed E-state index contributed by atoms with van der Waals surface area (Å²) in [5.74, 6) is 1.34. The molecule has 1 saturated carbocycles. The van der Waals surface area contributed by atoms with Crippen molar-refractivity contribution in [3.63, 3.8) is 0 Å². The Balaban J connectivity index is 1.64. The molecule has 0 spiro atoms. The predicted molar refractivity (Wildman–Crippen MR) is 101 cm³/mol. The third-order valence-electron chi connectivity index (χ3n) is 5.77. The second-order valence-electron chi connectivity index (χ2n) is 7.89. The molecule has 2 fully saturated rings. The monoisotopic (exact) mass is 364 g/mol. The largest absolute Gasteiger partial charge is 0.483 e. The van der Waals surface area contributed by atoms with Gasteiger partial charge in [0.05, 0.1) is 0 Å². The molecule has 0 radical (unpaired) electrons. The van der Waals surface area contributed by atoms with E-state index in [0.29, 0.717) is 12.5 Å². The van der Waals surface area contributed by atoms with Crippen molar-refractivity contribution in [2.24, 2.45) is 11.1 Å². The number of nitrogens with two attached hydrogens (primary N) is 1. The highest BCUT2D eigenvalue weighted by molar-refractivity contribution is 6.30. The van der Waals surface area contributed by atoms with Gasteiger partial charge in [0.1, 0.15) is 5.75 Å². The summed E-state index contributed by atoms with van der Waals surface area (Å²) in [6.07, 6.45) is 7.11. The third kappa shape index (κ3) is 4.48. The van der Waals surface area contributed by atoms with Gasteiger partial charge in [0, 0.05) is 18.1 Å². The fourth-order valence-corrected chi connectivity index (χ4v) is 4.20. The van der Waals surface area contributed by atoms with Crippen molar-refractivity contribution in [2.75, 3.05) is 26.2 Å². The molecule has 1 atom stereocenters. The number of benzene rings is 1. The highest BCUT2D eigenvalue weighted by Crippen LogP contribution is 2.38. The van der Waals surface area contributed by atoms with Crippen LogP contribution in [0.1, 0.15) is 56.9 Å². The summed E-state index contributed by atoms with van der Waals surface area (Å²) >= 11 is 6.21. The molecule has 2 aliphatic rings. The van der Waals surface area contributed by atoms with Crippen LogP contribution >= 0.6 is 11.6 Å². The van der Waals surface area contributed by atoms with Crippen LogP contribution < -0.4 is 10.5 Å². The maximum Gasteiger partial charge on any atom is 0.260 e. The van der Waals surface area contributed by atoms with Gasteiger partial charge in [-0.15, -0.1) is 0 Å². The van der Waals surface area contributed by atoms with Gasteiger partial charge in [-0.1, -0.05) is 37.8 Å². The molecule has 0 aromatic heterocycles. The lowest BCUT2D eigenvalue weighted by atomic mass is 9.84. The van der Waals surface area contributed by atoms with Crippen molar-refractivity contribution in [3.8, 4) is 5.75 Å². The Labute approximate surface area is 155 Å². The second-order valence-corrected chi connectivity index (χ2v) is 8.32. The number of halogens is 1. The molecule has 4 nitrogen and oxygen atoms in total. The normalized spacial score (nSPS) is 24.5. The maximum absolute atomic E-state index is 12.5. The molecule has 3 rings (SSSR count). The average Bonchev–Trinajstić information content (AvgIpc) is 3.04.